The number of hydrogen-bond donors (Lipinski definition) is 0. The van der Waals surface area contributed by atoms with Crippen molar-refractivity contribution in [1.29, 1.82) is 5.26 Å². The van der Waals surface area contributed by atoms with Crippen LogP contribution in [0.4, 0.5) is 0 Å². The standard InChI is InChI=1S/C19H21N3O3/c1-24-19(23)18-8-7-16(25-18)14-21-9-11-22(12-10-21)17(13-20)15-5-3-2-4-6-15/h2-8,17H,9-12,14H2,1H3. The number of nitrogens with zero attached hydrogens (tertiary/aromatic N) is 3. The number of esters is 1. The number of carbonyl (C=O) groups excluding carboxylic acids is 1. The van der Waals surface area contributed by atoms with E-state index in [-0.39, 0.29) is 11.8 Å². The van der Waals surface area contributed by atoms with E-state index in [4.69, 9.17) is 4.42 Å². The van der Waals surface area contributed by atoms with E-state index >= 15 is 0 Å². The van der Waals surface area contributed by atoms with Crippen LogP contribution in [0.25, 0.3) is 0 Å². The Balaban J connectivity index is 1.56. The van der Waals surface area contributed by atoms with Crippen molar-refractivity contribution in [2.45, 2.75) is 12.6 Å². The summed E-state index contributed by atoms with van der Waals surface area (Å²) in [5, 5.41) is 9.55. The first-order valence-corrected chi connectivity index (χ1v) is 8.29. The zero-order valence-electron chi connectivity index (χ0n) is 14.2. The van der Waals surface area contributed by atoms with E-state index in [9.17, 15) is 10.1 Å². The Labute approximate surface area is 147 Å². The van der Waals surface area contributed by atoms with Crippen LogP contribution in [0.5, 0.6) is 0 Å². The summed E-state index contributed by atoms with van der Waals surface area (Å²) >= 11 is 0. The van der Waals surface area contributed by atoms with Gasteiger partial charge in [0.2, 0.25) is 5.76 Å². The third-order valence-electron chi connectivity index (χ3n) is 4.44. The molecule has 0 bridgehead atoms. The lowest BCUT2D eigenvalue weighted by atomic mass is 10.1. The van der Waals surface area contributed by atoms with E-state index in [2.05, 4.69) is 20.6 Å². The van der Waals surface area contributed by atoms with E-state index in [1.54, 1.807) is 12.1 Å². The first-order chi connectivity index (χ1) is 12.2. The molecule has 1 aromatic heterocycles. The largest absolute Gasteiger partial charge is 0.463 e. The quantitative estimate of drug-likeness (QED) is 0.780. The molecule has 1 fully saturated rings. The molecular formula is C19H21N3O3. The van der Waals surface area contributed by atoms with Gasteiger partial charge in [0, 0.05) is 26.2 Å². The molecule has 1 aliphatic heterocycles. The number of rotatable bonds is 5. The van der Waals surface area contributed by atoms with Crippen molar-refractivity contribution in [2.24, 2.45) is 0 Å². The molecule has 0 N–H and O–H groups in total. The number of hydrogen-bond acceptors (Lipinski definition) is 6. The lowest BCUT2D eigenvalue weighted by Crippen LogP contribution is -2.46. The fourth-order valence-corrected chi connectivity index (χ4v) is 3.08. The van der Waals surface area contributed by atoms with Gasteiger partial charge < -0.3 is 9.15 Å². The predicted molar refractivity (Wildman–Crippen MR) is 91.7 cm³/mol. The average molecular weight is 339 g/mol. The number of carbonyl (C=O) groups is 1. The topological polar surface area (TPSA) is 69.7 Å². The molecule has 0 radical (unpaired) electrons. The molecule has 6 nitrogen and oxygen atoms in total. The second-order valence-electron chi connectivity index (χ2n) is 6.01. The van der Waals surface area contributed by atoms with Crippen molar-refractivity contribution in [3.63, 3.8) is 0 Å². The molecule has 6 heteroatoms. The van der Waals surface area contributed by atoms with Gasteiger partial charge >= 0.3 is 5.97 Å². The molecule has 0 aliphatic carbocycles. The maximum Gasteiger partial charge on any atom is 0.373 e. The summed E-state index contributed by atoms with van der Waals surface area (Å²) in [4.78, 5) is 15.9. The Morgan fingerprint density at radius 3 is 2.56 bits per heavy atom. The number of methoxy groups -OCH3 is 1. The number of ether oxygens (including phenoxy) is 1. The molecule has 2 aromatic rings. The molecule has 130 valence electrons. The summed E-state index contributed by atoms with van der Waals surface area (Å²) in [6.45, 7) is 3.97. The third-order valence-corrected chi connectivity index (χ3v) is 4.44. The van der Waals surface area contributed by atoms with E-state index in [1.807, 2.05) is 30.3 Å². The normalized spacial score (nSPS) is 17.0. The Morgan fingerprint density at radius 1 is 1.20 bits per heavy atom. The van der Waals surface area contributed by atoms with Crippen LogP contribution in [0.1, 0.15) is 27.9 Å². The Hall–Kier alpha value is -2.62. The summed E-state index contributed by atoms with van der Waals surface area (Å²) in [7, 11) is 1.34. The minimum Gasteiger partial charge on any atom is -0.463 e. The van der Waals surface area contributed by atoms with Crippen molar-refractivity contribution in [2.75, 3.05) is 33.3 Å². The fourth-order valence-electron chi connectivity index (χ4n) is 3.08. The summed E-state index contributed by atoms with van der Waals surface area (Å²) in [5.41, 5.74) is 1.03. The molecule has 3 rings (SSSR count). The Bertz CT molecular complexity index is 743. The molecule has 0 spiro atoms. The average Bonchev–Trinajstić information content (AvgIpc) is 3.12. The first-order valence-electron chi connectivity index (χ1n) is 8.29. The molecule has 1 atom stereocenters. The zero-order chi connectivity index (χ0) is 17.6. The molecule has 0 amide bonds. The smallest absolute Gasteiger partial charge is 0.373 e. The fraction of sp³-hybridized carbons (Fsp3) is 0.368. The molecule has 2 heterocycles. The van der Waals surface area contributed by atoms with Gasteiger partial charge in [0.25, 0.3) is 0 Å². The van der Waals surface area contributed by atoms with Crippen LogP contribution in [0.3, 0.4) is 0 Å². The van der Waals surface area contributed by atoms with Crippen LogP contribution in [-0.2, 0) is 11.3 Å². The minimum absolute atomic E-state index is 0.210. The third kappa shape index (κ3) is 4.08. The van der Waals surface area contributed by atoms with Gasteiger partial charge in [-0.25, -0.2) is 4.79 Å². The van der Waals surface area contributed by atoms with Crippen molar-refractivity contribution < 1.29 is 13.9 Å². The summed E-state index contributed by atoms with van der Waals surface area (Å²) in [6.07, 6.45) is 0. The van der Waals surface area contributed by atoms with Gasteiger partial charge in [0.05, 0.1) is 19.7 Å². The predicted octanol–water partition coefficient (Wildman–Crippen LogP) is 2.45. The molecule has 1 aromatic carbocycles. The second-order valence-corrected chi connectivity index (χ2v) is 6.01. The van der Waals surface area contributed by atoms with E-state index < -0.39 is 5.97 Å². The molecular weight excluding hydrogens is 318 g/mol. The van der Waals surface area contributed by atoms with Gasteiger partial charge in [-0.05, 0) is 17.7 Å². The number of furan rings is 1. The lowest BCUT2D eigenvalue weighted by Gasteiger charge is -2.36. The van der Waals surface area contributed by atoms with Crippen LogP contribution in [-0.4, -0.2) is 49.1 Å². The SMILES string of the molecule is COC(=O)c1ccc(CN2CCN(C(C#N)c3ccccc3)CC2)o1. The monoisotopic (exact) mass is 339 g/mol. The second kappa shape index (κ2) is 7.97. The van der Waals surface area contributed by atoms with Crippen molar-refractivity contribution in [1.82, 2.24) is 9.80 Å². The number of benzene rings is 1. The first kappa shape index (κ1) is 17.2. The van der Waals surface area contributed by atoms with Crippen LogP contribution < -0.4 is 0 Å². The molecule has 0 saturated carbocycles. The van der Waals surface area contributed by atoms with Crippen molar-refractivity contribution >= 4 is 5.97 Å². The summed E-state index contributed by atoms with van der Waals surface area (Å²) < 4.78 is 10.2. The van der Waals surface area contributed by atoms with Gasteiger partial charge in [0.1, 0.15) is 11.8 Å². The summed E-state index contributed by atoms with van der Waals surface area (Å²) in [6, 6.07) is 15.5. The minimum atomic E-state index is -0.462. The number of piperazine rings is 1. The van der Waals surface area contributed by atoms with E-state index in [0.29, 0.717) is 6.54 Å². The van der Waals surface area contributed by atoms with Crippen LogP contribution in [0.2, 0.25) is 0 Å². The van der Waals surface area contributed by atoms with Crippen molar-refractivity contribution in [3.05, 3.63) is 59.5 Å². The zero-order valence-corrected chi connectivity index (χ0v) is 14.2. The highest BCUT2D eigenvalue weighted by atomic mass is 16.5. The molecule has 1 saturated heterocycles. The molecule has 1 aliphatic rings. The van der Waals surface area contributed by atoms with E-state index in [1.165, 1.54) is 7.11 Å². The highest BCUT2D eigenvalue weighted by Crippen LogP contribution is 2.22. The maximum absolute atomic E-state index is 11.4. The van der Waals surface area contributed by atoms with Gasteiger partial charge in [-0.2, -0.15) is 5.26 Å². The molecule has 25 heavy (non-hydrogen) atoms. The Morgan fingerprint density at radius 2 is 1.92 bits per heavy atom. The van der Waals surface area contributed by atoms with Gasteiger partial charge in [-0.3, -0.25) is 9.80 Å². The maximum atomic E-state index is 11.4. The number of nitriles is 1. The highest BCUT2D eigenvalue weighted by molar-refractivity contribution is 5.86. The van der Waals surface area contributed by atoms with Crippen LogP contribution in [0.15, 0.2) is 46.9 Å². The van der Waals surface area contributed by atoms with Gasteiger partial charge in [-0.15, -0.1) is 0 Å². The van der Waals surface area contributed by atoms with Crippen molar-refractivity contribution in [3.8, 4) is 6.07 Å². The van der Waals surface area contributed by atoms with Gasteiger partial charge in [0.15, 0.2) is 0 Å². The highest BCUT2D eigenvalue weighted by Gasteiger charge is 2.25. The lowest BCUT2D eigenvalue weighted by molar-refractivity contribution is 0.0558. The van der Waals surface area contributed by atoms with E-state index in [0.717, 1.165) is 37.5 Å². The van der Waals surface area contributed by atoms with Gasteiger partial charge in [-0.1, -0.05) is 30.3 Å². The van der Waals surface area contributed by atoms with Crippen LogP contribution in [0, 0.1) is 11.3 Å². The Kier molecular flexibility index (Phi) is 5.49. The van der Waals surface area contributed by atoms with Crippen LogP contribution >= 0.6 is 0 Å². The molecule has 1 unspecified atom stereocenters. The summed E-state index contributed by atoms with van der Waals surface area (Å²) in [5.74, 6) is 0.509.